The molecule has 4 heteroatoms. The van der Waals surface area contributed by atoms with Crippen LogP contribution in [-0.2, 0) is 6.54 Å². The zero-order valence-corrected chi connectivity index (χ0v) is 12.3. The highest BCUT2D eigenvalue weighted by Gasteiger charge is 2.05. The van der Waals surface area contributed by atoms with E-state index in [2.05, 4.69) is 51.5 Å². The summed E-state index contributed by atoms with van der Waals surface area (Å²) in [6.07, 6.45) is 0. The third-order valence-electron chi connectivity index (χ3n) is 2.71. The molecular weight excluding hydrogens is 296 g/mol. The van der Waals surface area contributed by atoms with Gasteiger partial charge in [-0.1, -0.05) is 0 Å². The summed E-state index contributed by atoms with van der Waals surface area (Å²) in [5.41, 5.74) is 8.99. The lowest BCUT2D eigenvalue weighted by Gasteiger charge is -2.19. The van der Waals surface area contributed by atoms with Crippen LogP contribution in [0.1, 0.15) is 10.4 Å². The Hall–Kier alpha value is -1.00. The number of halogens is 1. The summed E-state index contributed by atoms with van der Waals surface area (Å²) in [5, 5.41) is 2.11. The van der Waals surface area contributed by atoms with Crippen molar-refractivity contribution >= 4 is 38.6 Å². The Morgan fingerprint density at radius 2 is 2.12 bits per heavy atom. The van der Waals surface area contributed by atoms with Crippen LogP contribution in [0.4, 0.5) is 11.4 Å². The number of aryl methyl sites for hydroxylation is 1. The molecule has 0 radical (unpaired) electrons. The maximum Gasteiger partial charge on any atom is 0.0519 e. The summed E-state index contributed by atoms with van der Waals surface area (Å²) in [5.74, 6) is 0. The van der Waals surface area contributed by atoms with Crippen LogP contribution in [0.3, 0.4) is 0 Å². The molecule has 0 unspecified atom stereocenters. The van der Waals surface area contributed by atoms with E-state index in [-0.39, 0.29) is 0 Å². The Kier molecular flexibility index (Phi) is 3.74. The Balaban J connectivity index is 2.14. The fourth-order valence-electron chi connectivity index (χ4n) is 1.66. The Morgan fingerprint density at radius 3 is 2.71 bits per heavy atom. The maximum absolute atomic E-state index is 5.82. The second-order valence-corrected chi connectivity index (χ2v) is 6.04. The van der Waals surface area contributed by atoms with E-state index in [9.17, 15) is 0 Å². The van der Waals surface area contributed by atoms with Gasteiger partial charge in [-0.05, 0) is 52.7 Å². The average molecular weight is 311 g/mol. The number of thiophene rings is 1. The molecule has 0 spiro atoms. The van der Waals surface area contributed by atoms with Crippen LogP contribution in [0.5, 0.6) is 0 Å². The molecular formula is C13H15BrN2S. The van der Waals surface area contributed by atoms with Gasteiger partial charge in [-0.25, -0.2) is 0 Å². The molecule has 2 rings (SSSR count). The minimum atomic E-state index is 0.848. The van der Waals surface area contributed by atoms with E-state index in [1.54, 1.807) is 11.3 Å². The molecule has 2 aromatic rings. The first-order valence-electron chi connectivity index (χ1n) is 5.36. The van der Waals surface area contributed by atoms with Crippen molar-refractivity contribution in [1.29, 1.82) is 0 Å². The van der Waals surface area contributed by atoms with Crippen molar-refractivity contribution in [2.24, 2.45) is 0 Å². The molecule has 0 bridgehead atoms. The van der Waals surface area contributed by atoms with Crippen molar-refractivity contribution in [3.05, 3.63) is 44.6 Å². The molecule has 17 heavy (non-hydrogen) atoms. The van der Waals surface area contributed by atoms with Crippen molar-refractivity contribution in [3.63, 3.8) is 0 Å². The molecule has 0 saturated heterocycles. The van der Waals surface area contributed by atoms with Crippen LogP contribution in [-0.4, -0.2) is 7.05 Å². The monoisotopic (exact) mass is 310 g/mol. The predicted octanol–water partition coefficient (Wildman–Crippen LogP) is 4.04. The van der Waals surface area contributed by atoms with Crippen molar-refractivity contribution in [2.45, 2.75) is 13.5 Å². The summed E-state index contributed by atoms with van der Waals surface area (Å²) in [6, 6.07) is 8.31. The van der Waals surface area contributed by atoms with Crippen molar-refractivity contribution in [3.8, 4) is 0 Å². The van der Waals surface area contributed by atoms with Gasteiger partial charge in [0.1, 0.15) is 0 Å². The predicted molar refractivity (Wildman–Crippen MR) is 79.7 cm³/mol. The first-order chi connectivity index (χ1) is 8.06. The second-order valence-electron chi connectivity index (χ2n) is 4.13. The van der Waals surface area contributed by atoms with Crippen molar-refractivity contribution < 1.29 is 0 Å². The van der Waals surface area contributed by atoms with E-state index < -0.39 is 0 Å². The molecule has 2 N–H and O–H groups in total. The number of anilines is 2. The fraction of sp³-hybridized carbons (Fsp3) is 0.231. The highest BCUT2D eigenvalue weighted by molar-refractivity contribution is 9.10. The standard InChI is InChI=1S/C13H15BrN2S/c1-9-5-11(3-4-13(9)15)16(2)7-12-6-10(14)8-17-12/h3-6,8H,7,15H2,1-2H3. The normalized spacial score (nSPS) is 10.5. The lowest BCUT2D eigenvalue weighted by atomic mass is 10.1. The van der Waals surface area contributed by atoms with Gasteiger partial charge in [-0.2, -0.15) is 0 Å². The lowest BCUT2D eigenvalue weighted by Crippen LogP contribution is -2.15. The number of hydrogen-bond acceptors (Lipinski definition) is 3. The van der Waals surface area contributed by atoms with Crippen LogP contribution in [0.15, 0.2) is 34.1 Å². The molecule has 90 valence electrons. The zero-order valence-electron chi connectivity index (χ0n) is 9.90. The summed E-state index contributed by atoms with van der Waals surface area (Å²) < 4.78 is 1.15. The molecule has 1 aromatic carbocycles. The third kappa shape index (κ3) is 3.01. The molecule has 0 atom stereocenters. The van der Waals surface area contributed by atoms with Crippen LogP contribution < -0.4 is 10.6 Å². The molecule has 0 saturated carbocycles. The highest BCUT2D eigenvalue weighted by atomic mass is 79.9. The quantitative estimate of drug-likeness (QED) is 0.867. The average Bonchev–Trinajstić information content (AvgIpc) is 2.68. The van der Waals surface area contributed by atoms with Crippen LogP contribution in [0.2, 0.25) is 0 Å². The Labute approximate surface area is 114 Å². The molecule has 1 heterocycles. The van der Waals surface area contributed by atoms with Gasteiger partial charge in [-0.3, -0.25) is 0 Å². The van der Waals surface area contributed by atoms with E-state index in [0.29, 0.717) is 0 Å². The fourth-order valence-corrected chi connectivity index (χ4v) is 3.16. The summed E-state index contributed by atoms with van der Waals surface area (Å²) >= 11 is 5.24. The van der Waals surface area contributed by atoms with Gasteiger partial charge in [0.25, 0.3) is 0 Å². The first kappa shape index (κ1) is 12.5. The maximum atomic E-state index is 5.82. The minimum Gasteiger partial charge on any atom is -0.399 e. The number of rotatable bonds is 3. The number of nitrogens with zero attached hydrogens (tertiary/aromatic N) is 1. The molecule has 0 fully saturated rings. The zero-order chi connectivity index (χ0) is 12.4. The van der Waals surface area contributed by atoms with Crippen LogP contribution in [0, 0.1) is 6.92 Å². The van der Waals surface area contributed by atoms with Crippen molar-refractivity contribution in [2.75, 3.05) is 17.7 Å². The van der Waals surface area contributed by atoms with E-state index in [0.717, 1.165) is 22.3 Å². The largest absolute Gasteiger partial charge is 0.399 e. The van der Waals surface area contributed by atoms with Gasteiger partial charge in [0.2, 0.25) is 0 Å². The number of nitrogen functional groups attached to an aromatic ring is 1. The van der Waals surface area contributed by atoms with Gasteiger partial charge in [-0.15, -0.1) is 11.3 Å². The van der Waals surface area contributed by atoms with E-state index in [1.165, 1.54) is 10.6 Å². The van der Waals surface area contributed by atoms with Gasteiger partial charge in [0.05, 0.1) is 6.54 Å². The van der Waals surface area contributed by atoms with Gasteiger partial charge < -0.3 is 10.6 Å². The number of hydrogen-bond donors (Lipinski definition) is 1. The molecule has 1 aromatic heterocycles. The minimum absolute atomic E-state index is 0.848. The van der Waals surface area contributed by atoms with E-state index in [4.69, 9.17) is 5.73 Å². The van der Waals surface area contributed by atoms with Crippen LogP contribution in [0.25, 0.3) is 0 Å². The van der Waals surface area contributed by atoms with Crippen LogP contribution >= 0.6 is 27.3 Å². The smallest absolute Gasteiger partial charge is 0.0519 e. The number of benzene rings is 1. The van der Waals surface area contributed by atoms with Gasteiger partial charge in [0.15, 0.2) is 0 Å². The summed E-state index contributed by atoms with van der Waals surface area (Å²) in [4.78, 5) is 3.57. The van der Waals surface area contributed by atoms with Gasteiger partial charge >= 0.3 is 0 Å². The molecule has 0 aliphatic carbocycles. The SMILES string of the molecule is Cc1cc(N(C)Cc2cc(Br)cs2)ccc1N. The molecule has 0 amide bonds. The summed E-state index contributed by atoms with van der Waals surface area (Å²) in [6.45, 7) is 2.95. The Morgan fingerprint density at radius 1 is 1.35 bits per heavy atom. The second kappa shape index (κ2) is 5.10. The van der Waals surface area contributed by atoms with Gasteiger partial charge in [0, 0.05) is 33.2 Å². The summed E-state index contributed by atoms with van der Waals surface area (Å²) in [7, 11) is 2.10. The Bertz CT molecular complexity index is 522. The highest BCUT2D eigenvalue weighted by Crippen LogP contribution is 2.24. The molecule has 2 nitrogen and oxygen atoms in total. The lowest BCUT2D eigenvalue weighted by molar-refractivity contribution is 0.939. The third-order valence-corrected chi connectivity index (χ3v) is 4.39. The number of nitrogens with two attached hydrogens (primary N) is 1. The van der Waals surface area contributed by atoms with E-state index in [1.807, 2.05) is 13.0 Å². The molecule has 0 aliphatic rings. The van der Waals surface area contributed by atoms with E-state index >= 15 is 0 Å². The first-order valence-corrected chi connectivity index (χ1v) is 7.03. The van der Waals surface area contributed by atoms with Crippen molar-refractivity contribution in [1.82, 2.24) is 0 Å². The topological polar surface area (TPSA) is 29.3 Å². The molecule has 0 aliphatic heterocycles.